The van der Waals surface area contributed by atoms with E-state index in [4.69, 9.17) is 17.0 Å². The number of hydrogen-bond donors (Lipinski definition) is 1. The number of phenolic OH excluding ortho intramolecular Hbond substituents is 1. The number of hydrogen-bond acceptors (Lipinski definition) is 6. The summed E-state index contributed by atoms with van der Waals surface area (Å²) in [5.74, 6) is -0.302. The lowest BCUT2D eigenvalue weighted by atomic mass is 10.2. The molecule has 2 rings (SSSR count). The highest BCUT2D eigenvalue weighted by Gasteiger charge is 2.31. The van der Waals surface area contributed by atoms with Crippen LogP contribution in [0.4, 0.5) is 0 Å². The first-order valence-electron chi connectivity index (χ1n) is 7.21. The number of esters is 1. The molecule has 0 aliphatic carbocycles. The van der Waals surface area contributed by atoms with Gasteiger partial charge >= 0.3 is 5.97 Å². The van der Waals surface area contributed by atoms with E-state index in [9.17, 15) is 14.7 Å². The van der Waals surface area contributed by atoms with Gasteiger partial charge in [0, 0.05) is 13.0 Å². The number of ether oxygens (including phenoxy) is 1. The van der Waals surface area contributed by atoms with Crippen LogP contribution in [0.25, 0.3) is 6.08 Å². The van der Waals surface area contributed by atoms with Crippen LogP contribution in [-0.4, -0.2) is 39.4 Å². The monoisotopic (exact) mass is 351 g/mol. The van der Waals surface area contributed by atoms with Gasteiger partial charge in [-0.1, -0.05) is 36.1 Å². The molecule has 0 unspecified atom stereocenters. The molecule has 1 amide bonds. The fraction of sp³-hybridized carbons (Fsp3) is 0.312. The Labute approximate surface area is 144 Å². The number of phenols is 1. The molecule has 0 spiro atoms. The molecule has 0 aromatic heterocycles. The molecule has 1 aromatic carbocycles. The summed E-state index contributed by atoms with van der Waals surface area (Å²) in [6.45, 7) is 2.50. The van der Waals surface area contributed by atoms with Crippen molar-refractivity contribution in [1.82, 2.24) is 4.90 Å². The smallest absolute Gasteiger partial charge is 0.305 e. The van der Waals surface area contributed by atoms with E-state index in [1.165, 1.54) is 16.7 Å². The topological polar surface area (TPSA) is 66.8 Å². The largest absolute Gasteiger partial charge is 0.508 e. The van der Waals surface area contributed by atoms with Gasteiger partial charge in [0.25, 0.3) is 5.91 Å². The fourth-order valence-corrected chi connectivity index (χ4v) is 3.38. The fourth-order valence-electron chi connectivity index (χ4n) is 2.07. The lowest BCUT2D eigenvalue weighted by molar-refractivity contribution is -0.143. The predicted octanol–water partition coefficient (Wildman–Crippen LogP) is 2.94. The van der Waals surface area contributed by atoms with Crippen molar-refractivity contribution in [1.29, 1.82) is 0 Å². The second kappa shape index (κ2) is 8.12. The number of thiocarbonyl (C=S) groups is 1. The average molecular weight is 351 g/mol. The molecule has 1 heterocycles. The van der Waals surface area contributed by atoms with Gasteiger partial charge in [0.2, 0.25) is 0 Å². The zero-order chi connectivity index (χ0) is 16.8. The van der Waals surface area contributed by atoms with Gasteiger partial charge in [0.1, 0.15) is 10.1 Å². The van der Waals surface area contributed by atoms with E-state index in [-0.39, 0.29) is 24.0 Å². The highest BCUT2D eigenvalue weighted by atomic mass is 32.2. The molecule has 1 aromatic rings. The second-order valence-electron chi connectivity index (χ2n) is 4.84. The molecule has 0 radical (unpaired) electrons. The van der Waals surface area contributed by atoms with Crippen LogP contribution in [0.1, 0.15) is 25.3 Å². The number of carbonyl (C=O) groups excluding carboxylic acids is 2. The predicted molar refractivity (Wildman–Crippen MR) is 93.9 cm³/mol. The van der Waals surface area contributed by atoms with E-state index in [0.717, 1.165) is 5.56 Å². The van der Waals surface area contributed by atoms with Crippen molar-refractivity contribution in [2.45, 2.75) is 19.8 Å². The van der Waals surface area contributed by atoms with E-state index in [0.29, 0.717) is 28.8 Å². The van der Waals surface area contributed by atoms with Crippen LogP contribution in [0.5, 0.6) is 5.75 Å². The number of amides is 1. The maximum atomic E-state index is 12.4. The number of aromatic hydroxyl groups is 1. The minimum atomic E-state index is -0.270. The molecule has 5 nitrogen and oxygen atoms in total. The Morgan fingerprint density at radius 3 is 2.96 bits per heavy atom. The van der Waals surface area contributed by atoms with Gasteiger partial charge in [-0.15, -0.1) is 0 Å². The maximum Gasteiger partial charge on any atom is 0.305 e. The normalized spacial score (nSPS) is 16.2. The molecule has 1 N–H and O–H groups in total. The van der Waals surface area contributed by atoms with Crippen LogP contribution in [-0.2, 0) is 14.3 Å². The lowest BCUT2D eigenvalue weighted by Gasteiger charge is -2.13. The summed E-state index contributed by atoms with van der Waals surface area (Å²) in [5, 5.41) is 9.47. The zero-order valence-corrected chi connectivity index (χ0v) is 14.3. The molecule has 0 bridgehead atoms. The summed E-state index contributed by atoms with van der Waals surface area (Å²) in [5.41, 5.74) is 0.733. The van der Waals surface area contributed by atoms with Crippen molar-refractivity contribution in [2.24, 2.45) is 0 Å². The van der Waals surface area contributed by atoms with E-state index in [2.05, 4.69) is 0 Å². The molecule has 1 fully saturated rings. The Morgan fingerprint density at radius 2 is 2.26 bits per heavy atom. The molecule has 0 atom stereocenters. The molecule has 122 valence electrons. The highest BCUT2D eigenvalue weighted by Crippen LogP contribution is 2.33. The van der Waals surface area contributed by atoms with Gasteiger partial charge < -0.3 is 9.84 Å². The lowest BCUT2D eigenvalue weighted by Crippen LogP contribution is -2.29. The van der Waals surface area contributed by atoms with Crippen molar-refractivity contribution in [3.63, 3.8) is 0 Å². The Hall–Kier alpha value is -1.86. The zero-order valence-electron chi connectivity index (χ0n) is 12.7. The first-order chi connectivity index (χ1) is 11.0. The number of benzene rings is 1. The summed E-state index contributed by atoms with van der Waals surface area (Å²) >= 11 is 6.45. The average Bonchev–Trinajstić information content (AvgIpc) is 2.75. The Morgan fingerprint density at radius 1 is 1.48 bits per heavy atom. The van der Waals surface area contributed by atoms with Crippen molar-refractivity contribution >= 4 is 46.3 Å². The number of rotatable bonds is 6. The molecule has 7 heteroatoms. The standard InChI is InChI=1S/C16H17NO4S2/c1-2-21-14(19)7-4-8-17-15(20)13(23-16(17)22)10-11-5-3-6-12(18)9-11/h3,5-6,9-10,18H,2,4,7-8H2,1H3/b13-10-. The van der Waals surface area contributed by atoms with Gasteiger partial charge in [0.05, 0.1) is 11.5 Å². The summed E-state index contributed by atoms with van der Waals surface area (Å²) in [4.78, 5) is 25.7. The van der Waals surface area contributed by atoms with Gasteiger partial charge in [-0.2, -0.15) is 0 Å². The van der Waals surface area contributed by atoms with Crippen molar-refractivity contribution in [3.8, 4) is 5.75 Å². The molecular formula is C16H17NO4S2. The van der Waals surface area contributed by atoms with Gasteiger partial charge in [-0.3, -0.25) is 14.5 Å². The molecule has 1 aliphatic rings. The minimum Gasteiger partial charge on any atom is -0.508 e. The molecular weight excluding hydrogens is 334 g/mol. The van der Waals surface area contributed by atoms with E-state index < -0.39 is 0 Å². The first kappa shape index (κ1) is 17.5. The second-order valence-corrected chi connectivity index (χ2v) is 6.51. The molecule has 1 aliphatic heterocycles. The molecule has 1 saturated heterocycles. The van der Waals surface area contributed by atoms with E-state index >= 15 is 0 Å². The third-order valence-corrected chi connectivity index (χ3v) is 4.49. The number of thioether (sulfide) groups is 1. The van der Waals surface area contributed by atoms with E-state index in [1.54, 1.807) is 37.3 Å². The van der Waals surface area contributed by atoms with Crippen molar-refractivity contribution < 1.29 is 19.4 Å². The van der Waals surface area contributed by atoms with E-state index in [1.807, 2.05) is 0 Å². The van der Waals surface area contributed by atoms with Gasteiger partial charge in [0.15, 0.2) is 0 Å². The summed E-state index contributed by atoms with van der Waals surface area (Å²) in [7, 11) is 0. The molecule has 0 saturated carbocycles. The Bertz CT molecular complexity index is 657. The van der Waals surface area contributed by atoms with Crippen molar-refractivity contribution in [3.05, 3.63) is 34.7 Å². The highest BCUT2D eigenvalue weighted by molar-refractivity contribution is 8.26. The first-order valence-corrected chi connectivity index (χ1v) is 8.43. The Balaban J connectivity index is 1.98. The van der Waals surface area contributed by atoms with Gasteiger partial charge in [-0.25, -0.2) is 0 Å². The SMILES string of the molecule is CCOC(=O)CCCN1C(=O)/C(=C/c2cccc(O)c2)SC1=S. The quantitative estimate of drug-likeness (QED) is 0.483. The van der Waals surface area contributed by atoms with Crippen LogP contribution < -0.4 is 0 Å². The van der Waals surface area contributed by atoms with Crippen LogP contribution in [0.3, 0.4) is 0 Å². The molecule has 23 heavy (non-hydrogen) atoms. The third-order valence-electron chi connectivity index (χ3n) is 3.11. The summed E-state index contributed by atoms with van der Waals surface area (Å²) in [6, 6.07) is 6.65. The third kappa shape index (κ3) is 4.80. The van der Waals surface area contributed by atoms with Crippen LogP contribution in [0, 0.1) is 0 Å². The van der Waals surface area contributed by atoms with Crippen LogP contribution in [0.15, 0.2) is 29.2 Å². The summed E-state index contributed by atoms with van der Waals surface area (Å²) < 4.78 is 5.33. The maximum absolute atomic E-state index is 12.4. The Kier molecular flexibility index (Phi) is 6.18. The van der Waals surface area contributed by atoms with Crippen molar-refractivity contribution in [2.75, 3.05) is 13.2 Å². The van der Waals surface area contributed by atoms with Crippen LogP contribution in [0.2, 0.25) is 0 Å². The van der Waals surface area contributed by atoms with Crippen LogP contribution >= 0.6 is 24.0 Å². The summed E-state index contributed by atoms with van der Waals surface area (Å²) in [6.07, 6.45) is 2.46. The number of nitrogens with zero attached hydrogens (tertiary/aromatic N) is 1. The van der Waals surface area contributed by atoms with Gasteiger partial charge in [-0.05, 0) is 37.1 Å². The number of carbonyl (C=O) groups is 2. The minimum absolute atomic E-state index is 0.142.